The Morgan fingerprint density at radius 3 is 1.85 bits per heavy atom. The summed E-state index contributed by atoms with van der Waals surface area (Å²) in [7, 11) is 0. The topological polar surface area (TPSA) is 3.24 Å². The zero-order valence-corrected chi connectivity index (χ0v) is 29.0. The van der Waals surface area contributed by atoms with Crippen LogP contribution in [-0.2, 0) is 5.41 Å². The molecule has 52 heavy (non-hydrogen) atoms. The van der Waals surface area contributed by atoms with Crippen molar-refractivity contribution in [3.8, 4) is 0 Å². The summed E-state index contributed by atoms with van der Waals surface area (Å²) in [6.07, 6.45) is 0. The van der Waals surface area contributed by atoms with Gasteiger partial charge in [0.1, 0.15) is 0 Å². The van der Waals surface area contributed by atoms with E-state index in [1.54, 1.807) is 0 Å². The van der Waals surface area contributed by atoms with Crippen LogP contribution in [0.2, 0.25) is 0 Å². The van der Waals surface area contributed by atoms with Crippen molar-refractivity contribution in [3.63, 3.8) is 0 Å². The second-order valence-electron chi connectivity index (χ2n) is 14.8. The van der Waals surface area contributed by atoms with Gasteiger partial charge in [0.25, 0.3) is 0 Å². The summed E-state index contributed by atoms with van der Waals surface area (Å²) in [5.74, 6) is 0. The molecule has 0 amide bonds. The first-order valence-electron chi connectivity index (χ1n) is 19.1. The van der Waals surface area contributed by atoms with E-state index >= 15 is 0 Å². The molecule has 244 valence electrons. The van der Waals surface area contributed by atoms with Crippen molar-refractivity contribution >= 4 is 93.8 Å². The van der Waals surface area contributed by atoms with Gasteiger partial charge in [0, 0.05) is 21.9 Å². The lowest BCUT2D eigenvalue weighted by molar-refractivity contribution is 0.662. The summed E-state index contributed by atoms with van der Waals surface area (Å²) < 4.78 is 19.1. The molecule has 10 aromatic carbocycles. The maximum absolute atomic E-state index is 9.60. The third-order valence-electron chi connectivity index (χ3n) is 11.5. The van der Waals surface area contributed by atoms with E-state index in [4.69, 9.17) is 0 Å². The van der Waals surface area contributed by atoms with E-state index in [2.05, 4.69) is 170 Å². The van der Waals surface area contributed by atoms with Crippen molar-refractivity contribution in [2.45, 2.75) is 19.3 Å². The van der Waals surface area contributed by atoms with E-state index in [1.165, 1.54) is 59.6 Å². The van der Waals surface area contributed by atoms with Gasteiger partial charge in [0.15, 0.2) is 0 Å². The molecule has 10 aromatic rings. The molecule has 0 aromatic heterocycles. The van der Waals surface area contributed by atoms with Crippen LogP contribution in [-0.4, -0.2) is 0 Å². The summed E-state index contributed by atoms with van der Waals surface area (Å²) in [4.78, 5) is 2.36. The minimum atomic E-state index is -0.194. The van der Waals surface area contributed by atoms with Gasteiger partial charge >= 0.3 is 0 Å². The van der Waals surface area contributed by atoms with Gasteiger partial charge < -0.3 is 4.90 Å². The Hall–Kier alpha value is -6.44. The van der Waals surface area contributed by atoms with Gasteiger partial charge in [0.2, 0.25) is 0 Å². The van der Waals surface area contributed by atoms with E-state index in [9.17, 15) is 2.74 Å². The van der Waals surface area contributed by atoms with Gasteiger partial charge in [0.05, 0.1) is 14.1 Å². The molecule has 0 heterocycles. The van der Waals surface area contributed by atoms with Crippen LogP contribution in [0.4, 0.5) is 17.1 Å². The summed E-state index contributed by atoms with van der Waals surface area (Å²) in [6.45, 7) is 4.56. The van der Waals surface area contributed by atoms with Gasteiger partial charge in [-0.25, -0.2) is 0 Å². The Kier molecular flexibility index (Phi) is 5.66. The number of hydrogen-bond donors (Lipinski definition) is 0. The molecule has 1 nitrogen and oxygen atoms in total. The molecule has 1 heteroatoms. The zero-order valence-electron chi connectivity index (χ0n) is 31.0. The third-order valence-corrected chi connectivity index (χ3v) is 11.5. The maximum Gasteiger partial charge on any atom is 0.0629 e. The van der Waals surface area contributed by atoms with Crippen LogP contribution in [0.1, 0.15) is 38.8 Å². The van der Waals surface area contributed by atoms with Crippen LogP contribution in [0, 0.1) is 0 Å². The number of fused-ring (bicyclic) bond motifs is 1. The van der Waals surface area contributed by atoms with Crippen molar-refractivity contribution in [3.05, 3.63) is 186 Å². The average Bonchev–Trinajstić information content (AvgIpc) is 3.46. The van der Waals surface area contributed by atoms with E-state index < -0.39 is 0 Å². The summed E-state index contributed by atoms with van der Waals surface area (Å²) in [5, 5.41) is 14.4. The molecular weight excluding hydrogens is 627 g/mol. The van der Waals surface area contributed by atoms with Crippen LogP contribution in [0.5, 0.6) is 0 Å². The third kappa shape index (κ3) is 4.11. The van der Waals surface area contributed by atoms with Crippen LogP contribution < -0.4 is 4.90 Å². The molecule has 0 N–H and O–H groups in total. The van der Waals surface area contributed by atoms with E-state index in [0.29, 0.717) is 0 Å². The van der Waals surface area contributed by atoms with Gasteiger partial charge in [-0.05, 0) is 106 Å². The first kappa shape index (κ1) is 27.3. The molecule has 0 atom stereocenters. The smallest absolute Gasteiger partial charge is 0.0629 e. The standard InChI is InChI=1S/C51H35N/c1-51(2)43-17-9-12-36-22-23-38-30-32(31-44(51)50(38)49(36)43)18-19-33-25-28-45(41-16-7-6-15-40(33)41)52(39-13-4-3-5-14-39)46-29-26-37-21-20-34-10-8-11-35-24-27-42(46)48(37)47(34)35/h3-31H,1-2H3/b19-18+/i18D,19D. The maximum atomic E-state index is 9.60. The molecule has 0 radical (unpaired) electrons. The van der Waals surface area contributed by atoms with Crippen LogP contribution in [0.25, 0.3) is 76.7 Å². The van der Waals surface area contributed by atoms with E-state index in [1.807, 2.05) is 12.1 Å². The van der Waals surface area contributed by atoms with E-state index in [-0.39, 0.29) is 17.5 Å². The predicted molar refractivity (Wildman–Crippen MR) is 225 cm³/mol. The molecule has 1 aliphatic carbocycles. The lowest BCUT2D eigenvalue weighted by Crippen LogP contribution is -2.15. The first-order chi connectivity index (χ1) is 26.4. The van der Waals surface area contributed by atoms with Crippen molar-refractivity contribution in [1.82, 2.24) is 0 Å². The van der Waals surface area contributed by atoms with Crippen LogP contribution >= 0.6 is 0 Å². The first-order valence-corrected chi connectivity index (χ1v) is 18.1. The Morgan fingerprint density at radius 1 is 0.442 bits per heavy atom. The Morgan fingerprint density at radius 2 is 1.04 bits per heavy atom. The summed E-state index contributed by atoms with van der Waals surface area (Å²) >= 11 is 0. The van der Waals surface area contributed by atoms with Crippen molar-refractivity contribution in [2.75, 3.05) is 4.90 Å². The SMILES string of the molecule is [2H]/C(=C(/[2H])c1ccc(N(c2ccccc2)c2ccc3ccc4cccc5ccc2c3c45)c2ccccc12)c1cc2c3c(ccc4cccc(c43)C2(C)C)c1. The van der Waals surface area contributed by atoms with Gasteiger partial charge in [-0.3, -0.25) is 0 Å². The molecule has 0 bridgehead atoms. The summed E-state index contributed by atoms with van der Waals surface area (Å²) in [6, 6.07) is 58.7. The highest BCUT2D eigenvalue weighted by molar-refractivity contribution is 6.26. The zero-order chi connectivity index (χ0) is 36.3. The van der Waals surface area contributed by atoms with Gasteiger partial charge in [-0.2, -0.15) is 0 Å². The van der Waals surface area contributed by atoms with Crippen molar-refractivity contribution in [2.24, 2.45) is 0 Å². The Balaban J connectivity index is 1.11. The highest BCUT2D eigenvalue weighted by atomic mass is 15.1. The second-order valence-corrected chi connectivity index (χ2v) is 14.8. The quantitative estimate of drug-likeness (QED) is 0.131. The van der Waals surface area contributed by atoms with Crippen molar-refractivity contribution in [1.29, 1.82) is 0 Å². The molecular formula is C51H35N. The molecule has 0 fully saturated rings. The predicted octanol–water partition coefficient (Wildman–Crippen LogP) is 14.3. The summed E-state index contributed by atoms with van der Waals surface area (Å²) in [5.41, 5.74) is 7.06. The van der Waals surface area contributed by atoms with Gasteiger partial charge in [-0.1, -0.05) is 159 Å². The number of hydrogen-bond acceptors (Lipinski definition) is 1. The molecule has 0 spiro atoms. The molecule has 0 aliphatic heterocycles. The minimum absolute atomic E-state index is 0.194. The largest absolute Gasteiger partial charge is 0.309 e. The van der Waals surface area contributed by atoms with Gasteiger partial charge in [-0.15, -0.1) is 0 Å². The normalized spacial score (nSPS) is 14.6. The monoisotopic (exact) mass is 663 g/mol. The average molecular weight is 664 g/mol. The van der Waals surface area contributed by atoms with Crippen molar-refractivity contribution < 1.29 is 2.74 Å². The molecule has 11 rings (SSSR count). The lowest BCUT2D eigenvalue weighted by atomic mass is 9.81. The fraction of sp³-hybridized carbons (Fsp3) is 0.0588. The highest BCUT2D eigenvalue weighted by Gasteiger charge is 2.34. The number of benzene rings is 10. The number of anilines is 3. The fourth-order valence-electron chi connectivity index (χ4n) is 9.10. The fourth-order valence-corrected chi connectivity index (χ4v) is 9.10. The number of rotatable bonds is 5. The minimum Gasteiger partial charge on any atom is -0.309 e. The Labute approximate surface area is 305 Å². The van der Waals surface area contributed by atoms with Crippen LogP contribution in [0.15, 0.2) is 164 Å². The highest BCUT2D eigenvalue weighted by Crippen LogP contribution is 2.50. The molecule has 0 saturated carbocycles. The van der Waals surface area contributed by atoms with Crippen LogP contribution in [0.3, 0.4) is 0 Å². The second kappa shape index (κ2) is 10.8. The molecule has 0 unspecified atom stereocenters. The number of nitrogens with zero attached hydrogens (tertiary/aromatic N) is 1. The molecule has 0 saturated heterocycles. The Bertz CT molecular complexity index is 3200. The lowest BCUT2D eigenvalue weighted by Gasteiger charge is -2.29. The van der Waals surface area contributed by atoms with E-state index in [0.717, 1.165) is 44.3 Å². The molecule has 1 aliphatic rings. The number of para-hydroxylation sites is 1.